The van der Waals surface area contributed by atoms with Crippen LogP contribution in [0.15, 0.2) is 24.3 Å². The molecule has 94 valence electrons. The van der Waals surface area contributed by atoms with Gasteiger partial charge in [-0.1, -0.05) is 63.3 Å². The molecule has 0 saturated heterocycles. The van der Waals surface area contributed by atoms with E-state index < -0.39 is 0 Å². The summed E-state index contributed by atoms with van der Waals surface area (Å²) in [4.78, 5) is 11.4. The van der Waals surface area contributed by atoms with Crippen molar-refractivity contribution in [3.63, 3.8) is 0 Å². The molecule has 1 aromatic carbocycles. The predicted molar refractivity (Wildman–Crippen MR) is 76.8 cm³/mol. The van der Waals surface area contributed by atoms with Gasteiger partial charge in [0.1, 0.15) is 0 Å². The Balaban J connectivity index is 2.34. The van der Waals surface area contributed by atoms with E-state index in [0.29, 0.717) is 0 Å². The van der Waals surface area contributed by atoms with Crippen LogP contribution in [0.5, 0.6) is 0 Å². The zero-order valence-electron chi connectivity index (χ0n) is 10.5. The number of halogens is 1. The van der Waals surface area contributed by atoms with Gasteiger partial charge in [-0.2, -0.15) is 0 Å². The summed E-state index contributed by atoms with van der Waals surface area (Å²) >= 11 is 3.04. The molecule has 0 saturated carbocycles. The molecule has 0 aliphatic carbocycles. The number of unbranched alkanes of at least 4 members (excludes halogenated alkanes) is 5. The topological polar surface area (TPSA) is 17.1 Å². The van der Waals surface area contributed by atoms with Gasteiger partial charge in [-0.25, -0.2) is 0 Å². The Labute approximate surface area is 113 Å². The van der Waals surface area contributed by atoms with Crippen LogP contribution in [0.25, 0.3) is 0 Å². The Morgan fingerprint density at radius 3 is 2.41 bits per heavy atom. The van der Waals surface area contributed by atoms with E-state index in [-0.39, 0.29) is 4.69 Å². The van der Waals surface area contributed by atoms with Crippen LogP contribution in [-0.4, -0.2) is 4.69 Å². The molecule has 0 amide bonds. The molecular formula is C15H21BrO. The quantitative estimate of drug-likeness (QED) is 0.480. The minimum atomic E-state index is -0.000849. The highest BCUT2D eigenvalue weighted by Crippen LogP contribution is 2.16. The Morgan fingerprint density at radius 2 is 1.71 bits per heavy atom. The van der Waals surface area contributed by atoms with E-state index in [2.05, 4.69) is 28.9 Å². The normalized spacial score (nSPS) is 10.5. The molecule has 0 N–H and O–H groups in total. The van der Waals surface area contributed by atoms with Crippen LogP contribution >= 0.6 is 15.9 Å². The smallest absolute Gasteiger partial charge is 0.228 e. The van der Waals surface area contributed by atoms with E-state index in [1.54, 1.807) is 0 Å². The van der Waals surface area contributed by atoms with Crippen molar-refractivity contribution < 1.29 is 4.79 Å². The molecule has 1 aromatic rings. The van der Waals surface area contributed by atoms with Crippen LogP contribution in [0.1, 0.15) is 61.4 Å². The van der Waals surface area contributed by atoms with Crippen LogP contribution in [-0.2, 0) is 6.42 Å². The van der Waals surface area contributed by atoms with Gasteiger partial charge in [0.25, 0.3) is 0 Å². The molecule has 0 bridgehead atoms. The third kappa shape index (κ3) is 5.49. The molecule has 0 aliphatic heterocycles. The van der Waals surface area contributed by atoms with Gasteiger partial charge < -0.3 is 0 Å². The van der Waals surface area contributed by atoms with Gasteiger partial charge in [0.05, 0.1) is 0 Å². The highest BCUT2D eigenvalue weighted by Gasteiger charge is 2.06. The number of benzene rings is 1. The van der Waals surface area contributed by atoms with Gasteiger partial charge in [0.2, 0.25) is 4.69 Å². The maximum atomic E-state index is 11.4. The van der Waals surface area contributed by atoms with Crippen LogP contribution in [0.2, 0.25) is 0 Å². The summed E-state index contributed by atoms with van der Waals surface area (Å²) in [6, 6.07) is 7.87. The molecule has 0 radical (unpaired) electrons. The zero-order valence-corrected chi connectivity index (χ0v) is 12.1. The highest BCUT2D eigenvalue weighted by molar-refractivity contribution is 9.18. The van der Waals surface area contributed by atoms with Gasteiger partial charge in [-0.3, -0.25) is 4.79 Å². The van der Waals surface area contributed by atoms with Crippen LogP contribution < -0.4 is 0 Å². The van der Waals surface area contributed by atoms with Crippen molar-refractivity contribution in [2.75, 3.05) is 0 Å². The standard InChI is InChI=1S/C15H21BrO/c1-2-3-4-5-6-7-10-13-11-8-9-12-14(13)15(16)17/h8-9,11-12H,2-7,10H2,1H3. The third-order valence-electron chi connectivity index (χ3n) is 3.03. The van der Waals surface area contributed by atoms with Crippen molar-refractivity contribution in [2.24, 2.45) is 0 Å². The first-order valence-electron chi connectivity index (χ1n) is 6.53. The molecular weight excluding hydrogens is 276 g/mol. The Kier molecular flexibility index (Phi) is 7.18. The predicted octanol–water partition coefficient (Wildman–Crippen LogP) is 5.12. The van der Waals surface area contributed by atoms with E-state index in [9.17, 15) is 4.79 Å². The zero-order chi connectivity index (χ0) is 12.5. The van der Waals surface area contributed by atoms with Crippen LogP contribution in [0, 0.1) is 0 Å². The minimum absolute atomic E-state index is 0.000849. The molecule has 17 heavy (non-hydrogen) atoms. The highest BCUT2D eigenvalue weighted by atomic mass is 79.9. The van der Waals surface area contributed by atoms with Crippen molar-refractivity contribution >= 4 is 20.6 Å². The lowest BCUT2D eigenvalue weighted by Crippen LogP contribution is -1.97. The van der Waals surface area contributed by atoms with E-state index >= 15 is 0 Å². The van der Waals surface area contributed by atoms with E-state index in [4.69, 9.17) is 0 Å². The second kappa shape index (κ2) is 8.46. The fraction of sp³-hybridized carbons (Fsp3) is 0.533. The Hall–Kier alpha value is -0.630. The summed E-state index contributed by atoms with van der Waals surface area (Å²) in [5, 5.41) is 0. The van der Waals surface area contributed by atoms with E-state index in [1.807, 2.05) is 18.2 Å². The molecule has 0 heterocycles. The van der Waals surface area contributed by atoms with Crippen molar-refractivity contribution in [2.45, 2.75) is 51.9 Å². The molecule has 0 unspecified atom stereocenters. The first kappa shape index (κ1) is 14.4. The first-order valence-corrected chi connectivity index (χ1v) is 7.32. The summed E-state index contributed by atoms with van der Waals surface area (Å²) in [6.45, 7) is 2.23. The monoisotopic (exact) mass is 296 g/mol. The fourth-order valence-electron chi connectivity index (χ4n) is 2.03. The molecule has 0 atom stereocenters. The molecule has 1 rings (SSSR count). The lowest BCUT2D eigenvalue weighted by molar-refractivity contribution is 0.109. The number of hydrogen-bond acceptors (Lipinski definition) is 1. The number of hydrogen-bond donors (Lipinski definition) is 0. The van der Waals surface area contributed by atoms with Gasteiger partial charge in [-0.15, -0.1) is 0 Å². The van der Waals surface area contributed by atoms with E-state index in [0.717, 1.165) is 12.0 Å². The number of rotatable bonds is 8. The van der Waals surface area contributed by atoms with Crippen molar-refractivity contribution in [3.05, 3.63) is 35.4 Å². The van der Waals surface area contributed by atoms with Crippen molar-refractivity contribution in [1.82, 2.24) is 0 Å². The minimum Gasteiger partial charge on any atom is -0.281 e. The second-order valence-corrected chi connectivity index (χ2v) is 5.17. The molecule has 0 aromatic heterocycles. The summed E-state index contributed by atoms with van der Waals surface area (Å²) in [5.41, 5.74) is 1.99. The lowest BCUT2D eigenvalue weighted by Gasteiger charge is -2.05. The Morgan fingerprint density at radius 1 is 1.06 bits per heavy atom. The van der Waals surface area contributed by atoms with Crippen LogP contribution in [0.3, 0.4) is 0 Å². The number of aryl methyl sites for hydroxylation is 1. The van der Waals surface area contributed by atoms with Gasteiger partial charge in [0, 0.05) is 5.56 Å². The average Bonchev–Trinajstić information content (AvgIpc) is 2.34. The molecule has 1 nitrogen and oxygen atoms in total. The van der Waals surface area contributed by atoms with Crippen LogP contribution in [0.4, 0.5) is 0 Å². The summed E-state index contributed by atoms with van der Waals surface area (Å²) in [7, 11) is 0. The fourth-order valence-corrected chi connectivity index (χ4v) is 2.41. The van der Waals surface area contributed by atoms with Gasteiger partial charge in [0.15, 0.2) is 0 Å². The van der Waals surface area contributed by atoms with E-state index in [1.165, 1.54) is 44.1 Å². The van der Waals surface area contributed by atoms with Gasteiger partial charge in [-0.05, 0) is 34.3 Å². The summed E-state index contributed by atoms with van der Waals surface area (Å²) < 4.78 is -0.000849. The third-order valence-corrected chi connectivity index (χ3v) is 3.46. The summed E-state index contributed by atoms with van der Waals surface area (Å²) in [6.07, 6.45) is 8.76. The van der Waals surface area contributed by atoms with Crippen molar-refractivity contribution in [3.8, 4) is 0 Å². The maximum Gasteiger partial charge on any atom is 0.228 e. The average molecular weight is 297 g/mol. The first-order chi connectivity index (χ1) is 8.25. The second-order valence-electron chi connectivity index (χ2n) is 4.45. The Bertz CT molecular complexity index is 347. The number of carbonyl (C=O) groups excluding carboxylic acids is 1. The van der Waals surface area contributed by atoms with Gasteiger partial charge >= 0.3 is 0 Å². The molecule has 0 aliphatic rings. The largest absolute Gasteiger partial charge is 0.281 e. The molecule has 2 heteroatoms. The lowest BCUT2D eigenvalue weighted by atomic mass is 10.0. The number of carbonyl (C=O) groups is 1. The molecule has 0 spiro atoms. The molecule has 0 fully saturated rings. The maximum absolute atomic E-state index is 11.4. The van der Waals surface area contributed by atoms with Crippen molar-refractivity contribution in [1.29, 1.82) is 0 Å². The SMILES string of the molecule is CCCCCCCCc1ccccc1C(=O)Br. The summed E-state index contributed by atoms with van der Waals surface area (Å²) in [5.74, 6) is 0.